The molecule has 162 valence electrons. The molecule has 1 aliphatic rings. The molecule has 10 nitrogen and oxygen atoms in total. The Morgan fingerprint density at radius 1 is 1.10 bits per heavy atom. The van der Waals surface area contributed by atoms with Crippen LogP contribution in [0.1, 0.15) is 12.0 Å². The molecule has 0 unspecified atom stereocenters. The Morgan fingerprint density at radius 3 is 2.47 bits per heavy atom. The highest BCUT2D eigenvalue weighted by atomic mass is 19.4. The van der Waals surface area contributed by atoms with Gasteiger partial charge in [0.25, 0.3) is 5.56 Å². The van der Waals surface area contributed by atoms with Crippen molar-refractivity contribution >= 4 is 17.4 Å². The van der Waals surface area contributed by atoms with E-state index in [-0.39, 0.29) is 19.1 Å². The summed E-state index contributed by atoms with van der Waals surface area (Å²) >= 11 is 0. The summed E-state index contributed by atoms with van der Waals surface area (Å²) in [5.41, 5.74) is -2.11. The van der Waals surface area contributed by atoms with Gasteiger partial charge >= 0.3 is 12.2 Å². The fraction of sp³-hybridized carbons (Fsp3) is 0.471. The van der Waals surface area contributed by atoms with Gasteiger partial charge in [-0.25, -0.2) is 19.9 Å². The largest absolute Gasteiger partial charge is 0.423 e. The molecule has 1 aliphatic heterocycles. The van der Waals surface area contributed by atoms with Crippen LogP contribution in [0.3, 0.4) is 0 Å². The molecule has 3 rings (SSSR count). The zero-order chi connectivity index (χ0) is 21.6. The number of nitrogens with zero attached hydrogens (tertiary/aromatic N) is 5. The van der Waals surface area contributed by atoms with Crippen LogP contribution in [0.25, 0.3) is 0 Å². The van der Waals surface area contributed by atoms with Gasteiger partial charge in [0, 0.05) is 39.3 Å². The van der Waals surface area contributed by atoms with Gasteiger partial charge in [0.15, 0.2) is 0 Å². The number of amides is 2. The number of piperazine rings is 1. The van der Waals surface area contributed by atoms with Crippen LogP contribution < -0.4 is 21.1 Å². The molecule has 1 fully saturated rings. The predicted octanol–water partition coefficient (Wildman–Crippen LogP) is 0.912. The number of rotatable bonds is 6. The molecule has 1 saturated heterocycles. The van der Waals surface area contributed by atoms with E-state index in [1.54, 1.807) is 22.4 Å². The summed E-state index contributed by atoms with van der Waals surface area (Å²) in [6.45, 7) is 2.78. The molecule has 3 N–H and O–H groups in total. The Balaban J connectivity index is 1.39. The number of urea groups is 1. The molecule has 0 aromatic carbocycles. The van der Waals surface area contributed by atoms with E-state index in [9.17, 15) is 22.8 Å². The standard InChI is InChI=1S/C17H21F3N8O2/c18-17(19,20)14-13(10-25-26-15(14)29)23-2-1-3-24-16(30)28-6-4-27(5-7-28)12-8-21-11-22-9-12/h8-11H,1-7H2,(H,24,30)(H2,23,26,29). The zero-order valence-electron chi connectivity index (χ0n) is 15.9. The molecule has 0 aliphatic carbocycles. The minimum absolute atomic E-state index is 0.135. The minimum atomic E-state index is -4.79. The van der Waals surface area contributed by atoms with Crippen molar-refractivity contribution in [2.45, 2.75) is 12.6 Å². The third-order valence-corrected chi connectivity index (χ3v) is 4.56. The van der Waals surface area contributed by atoms with Gasteiger partial charge in [-0.1, -0.05) is 0 Å². The highest BCUT2D eigenvalue weighted by molar-refractivity contribution is 5.74. The van der Waals surface area contributed by atoms with Gasteiger partial charge in [-0.15, -0.1) is 0 Å². The molecule has 3 heterocycles. The molecular formula is C17H21F3N8O2. The lowest BCUT2D eigenvalue weighted by Gasteiger charge is -2.35. The van der Waals surface area contributed by atoms with Crippen molar-refractivity contribution in [3.8, 4) is 0 Å². The second-order valence-electron chi connectivity index (χ2n) is 6.57. The second-order valence-corrected chi connectivity index (χ2v) is 6.57. The van der Waals surface area contributed by atoms with Crippen molar-refractivity contribution in [2.24, 2.45) is 0 Å². The smallest absolute Gasteiger partial charge is 0.383 e. The summed E-state index contributed by atoms with van der Waals surface area (Å²) in [6, 6.07) is -0.229. The van der Waals surface area contributed by atoms with E-state index in [0.29, 0.717) is 32.6 Å². The summed E-state index contributed by atoms with van der Waals surface area (Å²) in [7, 11) is 0. The first-order valence-electron chi connectivity index (χ1n) is 9.28. The van der Waals surface area contributed by atoms with E-state index in [4.69, 9.17) is 0 Å². The van der Waals surface area contributed by atoms with E-state index in [0.717, 1.165) is 11.9 Å². The van der Waals surface area contributed by atoms with Crippen LogP contribution in [0.5, 0.6) is 0 Å². The van der Waals surface area contributed by atoms with Crippen LogP contribution in [0.4, 0.5) is 29.3 Å². The number of alkyl halides is 3. The van der Waals surface area contributed by atoms with Crippen LogP contribution in [-0.4, -0.2) is 70.4 Å². The molecular weight excluding hydrogens is 405 g/mol. The summed E-state index contributed by atoms with van der Waals surface area (Å²) in [4.78, 5) is 35.4. The lowest BCUT2D eigenvalue weighted by atomic mass is 10.2. The van der Waals surface area contributed by atoms with Crippen molar-refractivity contribution < 1.29 is 18.0 Å². The van der Waals surface area contributed by atoms with Crippen molar-refractivity contribution in [2.75, 3.05) is 49.5 Å². The SMILES string of the molecule is O=C(NCCCNc1cn[nH]c(=O)c1C(F)(F)F)N1CCN(c2cncnc2)CC1. The number of carbonyl (C=O) groups excluding carboxylic acids is 1. The maximum absolute atomic E-state index is 13.0. The second kappa shape index (κ2) is 9.41. The molecule has 0 saturated carbocycles. The molecule has 13 heteroatoms. The first-order chi connectivity index (χ1) is 14.4. The Hall–Kier alpha value is -3.38. The first-order valence-corrected chi connectivity index (χ1v) is 9.28. The predicted molar refractivity (Wildman–Crippen MR) is 102 cm³/mol. The Morgan fingerprint density at radius 2 is 1.80 bits per heavy atom. The minimum Gasteiger partial charge on any atom is -0.383 e. The number of hydrogen-bond acceptors (Lipinski definition) is 7. The average molecular weight is 426 g/mol. The van der Waals surface area contributed by atoms with E-state index < -0.39 is 23.0 Å². The summed E-state index contributed by atoms with van der Waals surface area (Å²) in [5, 5.41) is 10.5. The van der Waals surface area contributed by atoms with Gasteiger partial charge in [-0.3, -0.25) is 4.79 Å². The summed E-state index contributed by atoms with van der Waals surface area (Å²) < 4.78 is 38.9. The lowest BCUT2D eigenvalue weighted by molar-refractivity contribution is -0.138. The Labute approximate surface area is 169 Å². The molecule has 2 amide bonds. The van der Waals surface area contributed by atoms with Crippen LogP contribution in [-0.2, 0) is 6.18 Å². The maximum atomic E-state index is 13.0. The maximum Gasteiger partial charge on any atom is 0.423 e. The van der Waals surface area contributed by atoms with Crippen LogP contribution in [0.2, 0.25) is 0 Å². The van der Waals surface area contributed by atoms with E-state index in [1.165, 1.54) is 6.33 Å². The topological polar surface area (TPSA) is 119 Å². The van der Waals surface area contributed by atoms with Gasteiger partial charge in [0.1, 0.15) is 11.9 Å². The molecule has 2 aromatic heterocycles. The number of nitrogens with one attached hydrogen (secondary N) is 3. The van der Waals surface area contributed by atoms with Gasteiger partial charge in [-0.2, -0.15) is 18.3 Å². The number of hydrogen-bond donors (Lipinski definition) is 3. The van der Waals surface area contributed by atoms with Crippen molar-refractivity contribution in [1.82, 2.24) is 30.4 Å². The van der Waals surface area contributed by atoms with Crippen LogP contribution in [0.15, 0.2) is 29.7 Å². The summed E-state index contributed by atoms with van der Waals surface area (Å²) in [5.74, 6) is 0. The zero-order valence-corrected chi connectivity index (χ0v) is 15.9. The molecule has 0 bridgehead atoms. The number of aromatic amines is 1. The fourth-order valence-corrected chi connectivity index (χ4v) is 3.05. The first kappa shape index (κ1) is 21.3. The molecule has 2 aromatic rings. The van der Waals surface area contributed by atoms with Crippen molar-refractivity contribution in [1.29, 1.82) is 0 Å². The van der Waals surface area contributed by atoms with Crippen molar-refractivity contribution in [3.63, 3.8) is 0 Å². The average Bonchev–Trinajstić information content (AvgIpc) is 2.73. The fourth-order valence-electron chi connectivity index (χ4n) is 3.05. The number of anilines is 2. The van der Waals surface area contributed by atoms with Gasteiger partial charge in [0.2, 0.25) is 0 Å². The lowest BCUT2D eigenvalue weighted by Crippen LogP contribution is -2.52. The number of carbonyl (C=O) groups is 1. The quantitative estimate of drug-likeness (QED) is 0.588. The third kappa shape index (κ3) is 5.36. The molecule has 0 spiro atoms. The normalized spacial score (nSPS) is 14.5. The summed E-state index contributed by atoms with van der Waals surface area (Å²) in [6.07, 6.45) is 1.39. The van der Waals surface area contributed by atoms with E-state index >= 15 is 0 Å². The van der Waals surface area contributed by atoms with Gasteiger partial charge in [-0.05, 0) is 6.42 Å². The monoisotopic (exact) mass is 426 g/mol. The third-order valence-electron chi connectivity index (χ3n) is 4.56. The molecule has 30 heavy (non-hydrogen) atoms. The number of halogens is 3. The van der Waals surface area contributed by atoms with Crippen LogP contribution in [0, 0.1) is 0 Å². The molecule has 0 atom stereocenters. The van der Waals surface area contributed by atoms with Crippen molar-refractivity contribution in [3.05, 3.63) is 40.8 Å². The highest BCUT2D eigenvalue weighted by Gasteiger charge is 2.37. The Kier molecular flexibility index (Phi) is 6.69. The van der Waals surface area contributed by atoms with Gasteiger partial charge < -0.3 is 20.4 Å². The number of H-pyrrole nitrogens is 1. The van der Waals surface area contributed by atoms with E-state index in [1.807, 2.05) is 0 Å². The van der Waals surface area contributed by atoms with Crippen LogP contribution >= 0.6 is 0 Å². The van der Waals surface area contributed by atoms with E-state index in [2.05, 4.69) is 30.6 Å². The Bertz CT molecular complexity index is 898. The van der Waals surface area contributed by atoms with Gasteiger partial charge in [0.05, 0.1) is 30.0 Å². The number of aromatic nitrogens is 4. The highest BCUT2D eigenvalue weighted by Crippen LogP contribution is 2.31. The molecule has 0 radical (unpaired) electrons.